The van der Waals surface area contributed by atoms with Crippen molar-refractivity contribution in [3.63, 3.8) is 0 Å². The van der Waals surface area contributed by atoms with E-state index in [2.05, 4.69) is 20.2 Å². The molecule has 2 aromatic carbocycles. The van der Waals surface area contributed by atoms with E-state index in [0.717, 1.165) is 50.3 Å². The molecule has 0 saturated carbocycles. The Kier molecular flexibility index (Phi) is 6.97. The van der Waals surface area contributed by atoms with Crippen molar-refractivity contribution in [3.8, 4) is 17.1 Å². The zero-order chi connectivity index (χ0) is 21.8. The number of rotatable bonds is 7. The smallest absolute Gasteiger partial charge is 0.251 e. The van der Waals surface area contributed by atoms with Crippen LogP contribution in [0, 0.1) is 0 Å². The number of nitrogens with zero attached hydrogens (tertiary/aromatic N) is 2. The number of H-pyrrole nitrogens is 1. The van der Waals surface area contributed by atoms with Gasteiger partial charge >= 0.3 is 0 Å². The van der Waals surface area contributed by atoms with E-state index in [0.29, 0.717) is 39.2 Å². The van der Waals surface area contributed by atoms with Crippen LogP contribution in [0.15, 0.2) is 30.3 Å². The number of halogens is 2. The van der Waals surface area contributed by atoms with Crippen molar-refractivity contribution in [2.45, 2.75) is 6.42 Å². The highest BCUT2D eigenvalue weighted by Gasteiger charge is 2.15. The first-order valence-electron chi connectivity index (χ1n) is 10.2. The molecular weight excluding hydrogens is 439 g/mol. The molecule has 31 heavy (non-hydrogen) atoms. The van der Waals surface area contributed by atoms with Gasteiger partial charge in [-0.05, 0) is 43.3 Å². The van der Waals surface area contributed by atoms with Crippen molar-refractivity contribution in [2.75, 3.05) is 46.5 Å². The maximum atomic E-state index is 12.6. The van der Waals surface area contributed by atoms with E-state index in [1.807, 2.05) is 6.07 Å². The second kappa shape index (κ2) is 9.87. The summed E-state index contributed by atoms with van der Waals surface area (Å²) in [5.41, 5.74) is 2.76. The Morgan fingerprint density at radius 1 is 1.23 bits per heavy atom. The number of aromatic amines is 1. The molecular formula is C22H24Cl2N4O3. The normalized spacial score (nSPS) is 14.7. The van der Waals surface area contributed by atoms with E-state index in [1.54, 1.807) is 31.4 Å². The lowest BCUT2D eigenvalue weighted by atomic mass is 10.1. The molecule has 1 aromatic heterocycles. The fourth-order valence-electron chi connectivity index (χ4n) is 3.59. The van der Waals surface area contributed by atoms with Gasteiger partial charge in [-0.3, -0.25) is 9.69 Å². The summed E-state index contributed by atoms with van der Waals surface area (Å²) in [7, 11) is 1.57. The van der Waals surface area contributed by atoms with Crippen LogP contribution in [0.3, 0.4) is 0 Å². The number of amides is 1. The molecule has 2 heterocycles. The van der Waals surface area contributed by atoms with Crippen molar-refractivity contribution in [2.24, 2.45) is 0 Å². The van der Waals surface area contributed by atoms with Crippen LogP contribution in [0.5, 0.6) is 5.75 Å². The number of carbonyl (C=O) groups is 1. The first-order chi connectivity index (χ1) is 15.0. The summed E-state index contributed by atoms with van der Waals surface area (Å²) in [6.45, 7) is 5.03. The summed E-state index contributed by atoms with van der Waals surface area (Å²) >= 11 is 12.2. The summed E-state index contributed by atoms with van der Waals surface area (Å²) in [6.07, 6.45) is 0.894. The predicted molar refractivity (Wildman–Crippen MR) is 122 cm³/mol. The molecule has 164 valence electrons. The van der Waals surface area contributed by atoms with Crippen LogP contribution >= 0.6 is 23.2 Å². The minimum atomic E-state index is -0.130. The number of methoxy groups -OCH3 is 1. The molecule has 7 nitrogen and oxygen atoms in total. The van der Waals surface area contributed by atoms with Crippen LogP contribution in [0.2, 0.25) is 10.0 Å². The molecule has 0 atom stereocenters. The molecule has 3 aromatic rings. The van der Waals surface area contributed by atoms with Gasteiger partial charge in [0.1, 0.15) is 11.6 Å². The van der Waals surface area contributed by atoms with E-state index in [-0.39, 0.29) is 5.91 Å². The topological polar surface area (TPSA) is 79.5 Å². The number of nitrogens with one attached hydrogen (secondary N) is 2. The van der Waals surface area contributed by atoms with E-state index in [4.69, 9.17) is 32.7 Å². The number of carbonyl (C=O) groups excluding carboxylic acids is 1. The van der Waals surface area contributed by atoms with Gasteiger partial charge in [-0.25, -0.2) is 4.98 Å². The standard InChI is InChI=1S/C22H24Cl2N4O3/c1-30-20-11-14(22(29)25-5-2-6-28-7-9-31-10-8-28)3-4-15(20)21-26-18-12-16(23)17(24)13-19(18)27-21/h3-4,11-13H,2,5-10H2,1H3,(H,25,29)(H,26,27). The summed E-state index contributed by atoms with van der Waals surface area (Å²) in [6, 6.07) is 8.76. The lowest BCUT2D eigenvalue weighted by molar-refractivity contribution is 0.0374. The summed E-state index contributed by atoms with van der Waals surface area (Å²) in [4.78, 5) is 22.7. The van der Waals surface area contributed by atoms with E-state index in [1.165, 1.54) is 0 Å². The third-order valence-electron chi connectivity index (χ3n) is 5.28. The Labute approximate surface area is 190 Å². The molecule has 0 bridgehead atoms. The van der Waals surface area contributed by atoms with Crippen molar-refractivity contribution < 1.29 is 14.3 Å². The third kappa shape index (κ3) is 5.13. The lowest BCUT2D eigenvalue weighted by Crippen LogP contribution is -2.38. The lowest BCUT2D eigenvalue weighted by Gasteiger charge is -2.26. The summed E-state index contributed by atoms with van der Waals surface area (Å²) in [5, 5.41) is 3.88. The molecule has 1 saturated heterocycles. The molecule has 0 unspecified atom stereocenters. The molecule has 0 radical (unpaired) electrons. The van der Waals surface area contributed by atoms with Gasteiger partial charge < -0.3 is 19.8 Å². The van der Waals surface area contributed by atoms with Crippen molar-refractivity contribution >= 4 is 40.1 Å². The first kappa shape index (κ1) is 21.9. The number of morpholine rings is 1. The quantitative estimate of drug-likeness (QED) is 0.518. The molecule has 4 rings (SSSR count). The molecule has 1 amide bonds. The van der Waals surface area contributed by atoms with Gasteiger partial charge in [0.25, 0.3) is 5.91 Å². The van der Waals surface area contributed by atoms with Crippen molar-refractivity contribution in [3.05, 3.63) is 45.9 Å². The average Bonchev–Trinajstić information content (AvgIpc) is 3.19. The van der Waals surface area contributed by atoms with Crippen LogP contribution in [0.4, 0.5) is 0 Å². The number of hydrogen-bond donors (Lipinski definition) is 2. The second-order valence-corrected chi connectivity index (χ2v) is 8.16. The Morgan fingerprint density at radius 3 is 2.77 bits per heavy atom. The Balaban J connectivity index is 1.43. The maximum Gasteiger partial charge on any atom is 0.251 e. The fourth-order valence-corrected chi connectivity index (χ4v) is 3.91. The monoisotopic (exact) mass is 462 g/mol. The third-order valence-corrected chi connectivity index (χ3v) is 6.01. The predicted octanol–water partition coefficient (Wildman–Crippen LogP) is 4.00. The number of imidazole rings is 1. The Morgan fingerprint density at radius 2 is 2.00 bits per heavy atom. The Hall–Kier alpha value is -2.32. The maximum absolute atomic E-state index is 12.6. The van der Waals surface area contributed by atoms with E-state index in [9.17, 15) is 4.79 Å². The molecule has 2 N–H and O–H groups in total. The SMILES string of the molecule is COc1cc(C(=O)NCCCN2CCOCC2)ccc1-c1nc2cc(Cl)c(Cl)cc2[nH]1. The van der Waals surface area contributed by atoms with Gasteiger partial charge in [-0.1, -0.05) is 23.2 Å². The highest BCUT2D eigenvalue weighted by Crippen LogP contribution is 2.33. The Bertz CT molecular complexity index is 1040. The number of aromatic nitrogens is 2. The highest BCUT2D eigenvalue weighted by atomic mass is 35.5. The van der Waals surface area contributed by atoms with Crippen LogP contribution < -0.4 is 10.1 Å². The van der Waals surface area contributed by atoms with Crippen LogP contribution in [0.25, 0.3) is 22.4 Å². The molecule has 1 aliphatic rings. The minimum Gasteiger partial charge on any atom is -0.496 e. The molecule has 1 aliphatic heterocycles. The van der Waals surface area contributed by atoms with Crippen LogP contribution in [-0.4, -0.2) is 67.3 Å². The molecule has 0 aliphatic carbocycles. The number of benzene rings is 2. The van der Waals surface area contributed by atoms with Crippen LogP contribution in [0.1, 0.15) is 16.8 Å². The summed E-state index contributed by atoms with van der Waals surface area (Å²) < 4.78 is 10.9. The average molecular weight is 463 g/mol. The first-order valence-corrected chi connectivity index (χ1v) is 10.9. The molecule has 0 spiro atoms. The van der Waals surface area contributed by atoms with Gasteiger partial charge in [0.15, 0.2) is 0 Å². The van der Waals surface area contributed by atoms with Crippen LogP contribution in [-0.2, 0) is 4.74 Å². The van der Waals surface area contributed by atoms with E-state index < -0.39 is 0 Å². The van der Waals surface area contributed by atoms with Gasteiger partial charge in [0, 0.05) is 25.2 Å². The van der Waals surface area contributed by atoms with Gasteiger partial charge in [-0.15, -0.1) is 0 Å². The number of hydrogen-bond acceptors (Lipinski definition) is 5. The zero-order valence-corrected chi connectivity index (χ0v) is 18.7. The zero-order valence-electron chi connectivity index (χ0n) is 17.2. The largest absolute Gasteiger partial charge is 0.496 e. The fraction of sp³-hybridized carbons (Fsp3) is 0.364. The van der Waals surface area contributed by atoms with Crippen molar-refractivity contribution in [1.82, 2.24) is 20.2 Å². The van der Waals surface area contributed by atoms with Gasteiger partial charge in [0.05, 0.1) is 47.0 Å². The van der Waals surface area contributed by atoms with Gasteiger partial charge in [-0.2, -0.15) is 0 Å². The molecule has 1 fully saturated rings. The van der Waals surface area contributed by atoms with Gasteiger partial charge in [0.2, 0.25) is 0 Å². The van der Waals surface area contributed by atoms with Crippen molar-refractivity contribution in [1.29, 1.82) is 0 Å². The molecule has 9 heteroatoms. The number of ether oxygens (including phenoxy) is 2. The van der Waals surface area contributed by atoms with E-state index >= 15 is 0 Å². The summed E-state index contributed by atoms with van der Waals surface area (Å²) in [5.74, 6) is 1.04. The minimum absolute atomic E-state index is 0.130. The number of fused-ring (bicyclic) bond motifs is 1. The second-order valence-electron chi connectivity index (χ2n) is 7.35. The highest BCUT2D eigenvalue weighted by molar-refractivity contribution is 6.42.